The zero-order valence-electron chi connectivity index (χ0n) is 13.2. The SMILES string of the molecule is CC(C)(C)c1ccc(-n2nnc(C=O)c2C2CCCO2)cc1. The van der Waals surface area contributed by atoms with Gasteiger partial charge in [0, 0.05) is 6.61 Å². The summed E-state index contributed by atoms with van der Waals surface area (Å²) in [5.41, 5.74) is 3.39. The maximum absolute atomic E-state index is 11.2. The molecule has 0 bridgehead atoms. The van der Waals surface area contributed by atoms with E-state index >= 15 is 0 Å². The Labute approximate surface area is 130 Å². The third kappa shape index (κ3) is 2.68. The Hall–Kier alpha value is -2.01. The Bertz CT molecular complexity index is 662. The minimum absolute atomic E-state index is 0.0995. The van der Waals surface area contributed by atoms with Crippen LogP contribution in [0.1, 0.15) is 61.5 Å². The minimum atomic E-state index is -0.0995. The Morgan fingerprint density at radius 1 is 1.27 bits per heavy atom. The lowest BCUT2D eigenvalue weighted by molar-refractivity contribution is 0.102. The molecule has 1 saturated heterocycles. The predicted molar refractivity (Wildman–Crippen MR) is 83.4 cm³/mol. The molecule has 0 aliphatic carbocycles. The van der Waals surface area contributed by atoms with Crippen LogP contribution in [0.3, 0.4) is 0 Å². The number of nitrogens with zero attached hydrogens (tertiary/aromatic N) is 3. The van der Waals surface area contributed by atoms with Crippen LogP contribution in [0.5, 0.6) is 0 Å². The van der Waals surface area contributed by atoms with Gasteiger partial charge in [-0.1, -0.05) is 38.1 Å². The highest BCUT2D eigenvalue weighted by Crippen LogP contribution is 2.31. The zero-order chi connectivity index (χ0) is 15.7. The van der Waals surface area contributed by atoms with Crippen LogP contribution in [0, 0.1) is 0 Å². The molecule has 0 saturated carbocycles. The molecule has 0 amide bonds. The monoisotopic (exact) mass is 299 g/mol. The third-order valence-corrected chi connectivity index (χ3v) is 4.06. The van der Waals surface area contributed by atoms with E-state index in [4.69, 9.17) is 4.74 Å². The van der Waals surface area contributed by atoms with Crippen LogP contribution in [-0.2, 0) is 10.2 Å². The number of hydrogen-bond donors (Lipinski definition) is 0. The van der Waals surface area contributed by atoms with Crippen molar-refractivity contribution in [1.82, 2.24) is 15.0 Å². The molecule has 1 aliphatic rings. The molecule has 2 heterocycles. The van der Waals surface area contributed by atoms with Crippen molar-refractivity contribution < 1.29 is 9.53 Å². The Morgan fingerprint density at radius 3 is 2.55 bits per heavy atom. The summed E-state index contributed by atoms with van der Waals surface area (Å²) in [6.45, 7) is 7.26. The van der Waals surface area contributed by atoms with Gasteiger partial charge in [0.05, 0.1) is 5.69 Å². The fourth-order valence-corrected chi connectivity index (χ4v) is 2.77. The van der Waals surface area contributed by atoms with E-state index in [0.717, 1.165) is 37.1 Å². The van der Waals surface area contributed by atoms with E-state index in [2.05, 4.69) is 43.2 Å². The first-order valence-corrected chi connectivity index (χ1v) is 7.64. The molecule has 0 spiro atoms. The summed E-state index contributed by atoms with van der Waals surface area (Å²) < 4.78 is 7.45. The van der Waals surface area contributed by atoms with Crippen LogP contribution < -0.4 is 0 Å². The van der Waals surface area contributed by atoms with Gasteiger partial charge in [-0.3, -0.25) is 4.79 Å². The van der Waals surface area contributed by atoms with Gasteiger partial charge in [-0.25, -0.2) is 4.68 Å². The molecule has 1 unspecified atom stereocenters. The van der Waals surface area contributed by atoms with Crippen molar-refractivity contribution >= 4 is 6.29 Å². The van der Waals surface area contributed by atoms with Crippen molar-refractivity contribution in [1.29, 1.82) is 0 Å². The summed E-state index contributed by atoms with van der Waals surface area (Å²) in [7, 11) is 0. The van der Waals surface area contributed by atoms with Crippen LogP contribution in [0.2, 0.25) is 0 Å². The number of aromatic nitrogens is 3. The van der Waals surface area contributed by atoms with Crippen molar-refractivity contribution in [2.24, 2.45) is 0 Å². The fourth-order valence-electron chi connectivity index (χ4n) is 2.77. The average Bonchev–Trinajstić information content (AvgIpc) is 3.15. The van der Waals surface area contributed by atoms with Crippen molar-refractivity contribution in [3.63, 3.8) is 0 Å². The number of rotatable bonds is 3. The summed E-state index contributed by atoms with van der Waals surface area (Å²) in [4.78, 5) is 11.2. The molecule has 5 heteroatoms. The Kier molecular flexibility index (Phi) is 3.83. The lowest BCUT2D eigenvalue weighted by Gasteiger charge is -2.19. The molecule has 1 atom stereocenters. The van der Waals surface area contributed by atoms with Crippen molar-refractivity contribution in [3.05, 3.63) is 41.2 Å². The van der Waals surface area contributed by atoms with Gasteiger partial charge >= 0.3 is 0 Å². The summed E-state index contributed by atoms with van der Waals surface area (Å²) in [6, 6.07) is 8.22. The van der Waals surface area contributed by atoms with Gasteiger partial charge in [-0.2, -0.15) is 0 Å². The lowest BCUT2D eigenvalue weighted by atomic mass is 9.87. The van der Waals surface area contributed by atoms with Crippen LogP contribution in [0.4, 0.5) is 0 Å². The van der Waals surface area contributed by atoms with E-state index in [1.807, 2.05) is 12.1 Å². The number of aldehydes is 1. The molecule has 0 radical (unpaired) electrons. The maximum Gasteiger partial charge on any atom is 0.172 e. The van der Waals surface area contributed by atoms with Crippen LogP contribution >= 0.6 is 0 Å². The third-order valence-electron chi connectivity index (χ3n) is 4.06. The first-order chi connectivity index (χ1) is 10.5. The highest BCUT2D eigenvalue weighted by atomic mass is 16.5. The zero-order valence-corrected chi connectivity index (χ0v) is 13.2. The van der Waals surface area contributed by atoms with Crippen LogP contribution in [0.25, 0.3) is 5.69 Å². The van der Waals surface area contributed by atoms with Gasteiger partial charge in [0.15, 0.2) is 12.0 Å². The van der Waals surface area contributed by atoms with Crippen molar-refractivity contribution in [2.75, 3.05) is 6.61 Å². The lowest BCUT2D eigenvalue weighted by Crippen LogP contribution is -2.12. The normalized spacial score (nSPS) is 18.6. The minimum Gasteiger partial charge on any atom is -0.372 e. The number of benzene rings is 1. The fraction of sp³-hybridized carbons (Fsp3) is 0.471. The standard InChI is InChI=1S/C17H21N3O2/c1-17(2,3)12-6-8-13(9-7-12)20-16(14(11-21)18-19-20)15-5-4-10-22-15/h6-9,11,15H,4-5,10H2,1-3H3. The average molecular weight is 299 g/mol. The van der Waals surface area contributed by atoms with Gasteiger partial charge in [-0.15, -0.1) is 5.10 Å². The van der Waals surface area contributed by atoms with E-state index in [1.165, 1.54) is 5.56 Å². The molecular weight excluding hydrogens is 278 g/mol. The summed E-state index contributed by atoms with van der Waals surface area (Å²) >= 11 is 0. The molecule has 3 rings (SSSR count). The van der Waals surface area contributed by atoms with Gasteiger partial charge in [0.1, 0.15) is 11.8 Å². The molecule has 116 valence electrons. The van der Waals surface area contributed by atoms with E-state index in [9.17, 15) is 4.79 Å². The van der Waals surface area contributed by atoms with Crippen LogP contribution in [0.15, 0.2) is 24.3 Å². The van der Waals surface area contributed by atoms with E-state index < -0.39 is 0 Å². The van der Waals surface area contributed by atoms with E-state index in [-0.39, 0.29) is 11.5 Å². The Balaban J connectivity index is 2.01. The molecule has 1 aromatic carbocycles. The topological polar surface area (TPSA) is 57.0 Å². The molecule has 22 heavy (non-hydrogen) atoms. The van der Waals surface area contributed by atoms with Gasteiger partial charge in [0.2, 0.25) is 0 Å². The van der Waals surface area contributed by atoms with Gasteiger partial charge < -0.3 is 4.74 Å². The second-order valence-corrected chi connectivity index (χ2v) is 6.69. The second-order valence-electron chi connectivity index (χ2n) is 6.69. The number of carbonyl (C=O) groups is 1. The highest BCUT2D eigenvalue weighted by Gasteiger charge is 2.27. The van der Waals surface area contributed by atoms with Crippen molar-refractivity contribution in [2.45, 2.75) is 45.1 Å². The highest BCUT2D eigenvalue weighted by molar-refractivity contribution is 5.73. The quantitative estimate of drug-likeness (QED) is 0.816. The first-order valence-electron chi connectivity index (χ1n) is 7.64. The number of ether oxygens (including phenoxy) is 1. The van der Waals surface area contributed by atoms with Crippen LogP contribution in [-0.4, -0.2) is 27.9 Å². The molecular formula is C17H21N3O2. The number of carbonyl (C=O) groups excluding carboxylic acids is 1. The van der Waals surface area contributed by atoms with E-state index in [1.54, 1.807) is 4.68 Å². The van der Waals surface area contributed by atoms with E-state index in [0.29, 0.717) is 5.69 Å². The van der Waals surface area contributed by atoms with Gasteiger partial charge in [-0.05, 0) is 36.0 Å². The largest absolute Gasteiger partial charge is 0.372 e. The van der Waals surface area contributed by atoms with Crippen molar-refractivity contribution in [3.8, 4) is 5.69 Å². The number of hydrogen-bond acceptors (Lipinski definition) is 4. The summed E-state index contributed by atoms with van der Waals surface area (Å²) in [6.07, 6.45) is 2.55. The molecule has 1 aromatic heterocycles. The summed E-state index contributed by atoms with van der Waals surface area (Å²) in [5.74, 6) is 0. The molecule has 0 N–H and O–H groups in total. The molecule has 1 fully saturated rings. The first kappa shape index (κ1) is 14.9. The van der Waals surface area contributed by atoms with Gasteiger partial charge in [0.25, 0.3) is 0 Å². The molecule has 5 nitrogen and oxygen atoms in total. The molecule has 2 aromatic rings. The smallest absolute Gasteiger partial charge is 0.172 e. The predicted octanol–water partition coefficient (Wildman–Crippen LogP) is 3.23. The summed E-state index contributed by atoms with van der Waals surface area (Å²) in [5, 5.41) is 8.14. The maximum atomic E-state index is 11.2. The Morgan fingerprint density at radius 2 is 2.00 bits per heavy atom. The molecule has 1 aliphatic heterocycles. The second kappa shape index (κ2) is 5.65.